The largest absolute Gasteiger partial charge is 0.390 e. The lowest BCUT2D eigenvalue weighted by Crippen LogP contribution is -2.05. The average molecular weight is 213 g/mol. The highest BCUT2D eigenvalue weighted by atomic mass is 16.3. The number of hydrogen-bond donors (Lipinski definition) is 1. The molecule has 0 spiro atoms. The summed E-state index contributed by atoms with van der Waals surface area (Å²) in [6.45, 7) is 0.550. The van der Waals surface area contributed by atoms with E-state index in [9.17, 15) is 0 Å². The number of nitriles is 1. The molecule has 0 fully saturated rings. The van der Waals surface area contributed by atoms with Crippen molar-refractivity contribution < 1.29 is 5.11 Å². The zero-order valence-electron chi connectivity index (χ0n) is 8.67. The van der Waals surface area contributed by atoms with Crippen LogP contribution >= 0.6 is 0 Å². The second-order valence-electron chi connectivity index (χ2n) is 3.41. The molecular formula is C12H11N3O. The van der Waals surface area contributed by atoms with Crippen molar-refractivity contribution >= 4 is 0 Å². The summed E-state index contributed by atoms with van der Waals surface area (Å²) in [6.07, 6.45) is 3.48. The number of rotatable bonds is 3. The lowest BCUT2D eigenvalue weighted by atomic mass is 10.2. The molecule has 4 heteroatoms. The molecule has 0 aliphatic rings. The minimum absolute atomic E-state index is 0.00481. The van der Waals surface area contributed by atoms with Crippen LogP contribution in [0.1, 0.15) is 17.0 Å². The molecule has 0 amide bonds. The van der Waals surface area contributed by atoms with Gasteiger partial charge in [0, 0.05) is 23.7 Å². The molecule has 2 heterocycles. The van der Waals surface area contributed by atoms with E-state index in [0.717, 1.165) is 11.3 Å². The van der Waals surface area contributed by atoms with Crippen LogP contribution in [0.3, 0.4) is 0 Å². The number of aliphatic hydroxyl groups excluding tert-OH is 1. The van der Waals surface area contributed by atoms with Gasteiger partial charge in [0.05, 0.1) is 13.2 Å². The Morgan fingerprint density at radius 1 is 1.38 bits per heavy atom. The third-order valence-corrected chi connectivity index (χ3v) is 2.42. The van der Waals surface area contributed by atoms with Crippen molar-refractivity contribution in [1.29, 1.82) is 5.26 Å². The van der Waals surface area contributed by atoms with E-state index in [4.69, 9.17) is 10.4 Å². The van der Waals surface area contributed by atoms with E-state index in [2.05, 4.69) is 11.1 Å². The van der Waals surface area contributed by atoms with Gasteiger partial charge in [0.25, 0.3) is 0 Å². The molecule has 0 unspecified atom stereocenters. The first-order chi connectivity index (χ1) is 7.85. The van der Waals surface area contributed by atoms with Gasteiger partial charge in [-0.3, -0.25) is 0 Å². The zero-order chi connectivity index (χ0) is 11.4. The Morgan fingerprint density at radius 3 is 3.00 bits per heavy atom. The second-order valence-corrected chi connectivity index (χ2v) is 3.41. The fourth-order valence-corrected chi connectivity index (χ4v) is 1.60. The van der Waals surface area contributed by atoms with Gasteiger partial charge in [-0.05, 0) is 18.2 Å². The van der Waals surface area contributed by atoms with Crippen molar-refractivity contribution in [3.05, 3.63) is 53.6 Å². The minimum Gasteiger partial charge on any atom is -0.390 e. The number of aromatic nitrogens is 2. The Labute approximate surface area is 93.4 Å². The fourth-order valence-electron chi connectivity index (χ4n) is 1.60. The van der Waals surface area contributed by atoms with Crippen molar-refractivity contribution in [2.45, 2.75) is 13.2 Å². The van der Waals surface area contributed by atoms with Crippen molar-refractivity contribution in [1.82, 2.24) is 9.55 Å². The van der Waals surface area contributed by atoms with E-state index in [1.807, 2.05) is 29.0 Å². The fraction of sp³-hybridized carbons (Fsp3) is 0.167. The molecule has 2 aromatic heterocycles. The van der Waals surface area contributed by atoms with Crippen molar-refractivity contribution in [3.8, 4) is 6.07 Å². The van der Waals surface area contributed by atoms with Gasteiger partial charge in [0.2, 0.25) is 0 Å². The van der Waals surface area contributed by atoms with Crippen LogP contribution in [0.15, 0.2) is 36.7 Å². The van der Waals surface area contributed by atoms with E-state index in [1.165, 1.54) is 0 Å². The maximum Gasteiger partial charge on any atom is 0.145 e. The average Bonchev–Trinajstić information content (AvgIpc) is 2.77. The molecule has 2 rings (SSSR count). The quantitative estimate of drug-likeness (QED) is 0.835. The van der Waals surface area contributed by atoms with E-state index in [-0.39, 0.29) is 6.61 Å². The SMILES string of the molecule is N#Cc1ncccc1Cn1cccc1CO. The third-order valence-electron chi connectivity index (χ3n) is 2.42. The number of aliphatic hydroxyl groups is 1. The Hall–Kier alpha value is -2.12. The van der Waals surface area contributed by atoms with Gasteiger partial charge >= 0.3 is 0 Å². The molecule has 1 N–H and O–H groups in total. The summed E-state index contributed by atoms with van der Waals surface area (Å²) in [6, 6.07) is 9.45. The number of pyridine rings is 1. The first-order valence-corrected chi connectivity index (χ1v) is 4.94. The van der Waals surface area contributed by atoms with Gasteiger partial charge in [-0.2, -0.15) is 5.26 Å². The molecule has 0 atom stereocenters. The summed E-state index contributed by atoms with van der Waals surface area (Å²) in [7, 11) is 0. The molecule has 0 saturated heterocycles. The molecular weight excluding hydrogens is 202 g/mol. The van der Waals surface area contributed by atoms with Gasteiger partial charge in [0.1, 0.15) is 11.8 Å². The Kier molecular flexibility index (Phi) is 2.99. The van der Waals surface area contributed by atoms with Gasteiger partial charge < -0.3 is 9.67 Å². The Bertz CT molecular complexity index is 525. The predicted molar refractivity (Wildman–Crippen MR) is 58.4 cm³/mol. The molecule has 80 valence electrons. The highest BCUT2D eigenvalue weighted by molar-refractivity contribution is 5.31. The molecule has 16 heavy (non-hydrogen) atoms. The summed E-state index contributed by atoms with van der Waals surface area (Å²) < 4.78 is 1.90. The van der Waals surface area contributed by atoms with Crippen LogP contribution in [-0.2, 0) is 13.2 Å². The van der Waals surface area contributed by atoms with E-state index < -0.39 is 0 Å². The summed E-state index contributed by atoms with van der Waals surface area (Å²) in [5.74, 6) is 0. The van der Waals surface area contributed by atoms with E-state index in [0.29, 0.717) is 12.2 Å². The molecule has 0 radical (unpaired) electrons. The molecule has 0 aliphatic heterocycles. The highest BCUT2D eigenvalue weighted by Crippen LogP contribution is 2.10. The van der Waals surface area contributed by atoms with Gasteiger partial charge in [0.15, 0.2) is 0 Å². The predicted octanol–water partition coefficient (Wildman–Crippen LogP) is 1.30. The maximum atomic E-state index is 9.11. The van der Waals surface area contributed by atoms with Crippen LogP contribution in [0.5, 0.6) is 0 Å². The van der Waals surface area contributed by atoms with Crippen molar-refractivity contribution in [2.75, 3.05) is 0 Å². The maximum absolute atomic E-state index is 9.11. The van der Waals surface area contributed by atoms with Crippen LogP contribution < -0.4 is 0 Å². The summed E-state index contributed by atoms with van der Waals surface area (Å²) >= 11 is 0. The number of nitrogens with zero attached hydrogens (tertiary/aromatic N) is 3. The second kappa shape index (κ2) is 4.60. The molecule has 0 saturated carbocycles. The van der Waals surface area contributed by atoms with Crippen molar-refractivity contribution in [3.63, 3.8) is 0 Å². The van der Waals surface area contributed by atoms with Crippen LogP contribution in [0, 0.1) is 11.3 Å². The van der Waals surface area contributed by atoms with Crippen molar-refractivity contribution in [2.24, 2.45) is 0 Å². The third kappa shape index (κ3) is 1.95. The van der Waals surface area contributed by atoms with E-state index >= 15 is 0 Å². The minimum atomic E-state index is -0.00481. The lowest BCUT2D eigenvalue weighted by Gasteiger charge is -2.08. The Balaban J connectivity index is 2.31. The standard InChI is InChI=1S/C12H11N3O/c13-7-12-10(3-1-5-14-12)8-15-6-2-4-11(15)9-16/h1-6,16H,8-9H2. The first-order valence-electron chi connectivity index (χ1n) is 4.94. The van der Waals surface area contributed by atoms with Crippen LogP contribution in [0.25, 0.3) is 0 Å². The Morgan fingerprint density at radius 2 is 2.25 bits per heavy atom. The zero-order valence-corrected chi connectivity index (χ0v) is 8.67. The highest BCUT2D eigenvalue weighted by Gasteiger charge is 2.05. The summed E-state index contributed by atoms with van der Waals surface area (Å²) in [5.41, 5.74) is 2.11. The van der Waals surface area contributed by atoms with Crippen LogP contribution in [0.4, 0.5) is 0 Å². The molecule has 2 aromatic rings. The number of hydrogen-bond acceptors (Lipinski definition) is 3. The van der Waals surface area contributed by atoms with Gasteiger partial charge in [-0.15, -0.1) is 0 Å². The topological polar surface area (TPSA) is 61.8 Å². The van der Waals surface area contributed by atoms with Crippen LogP contribution in [-0.4, -0.2) is 14.7 Å². The van der Waals surface area contributed by atoms with E-state index in [1.54, 1.807) is 12.3 Å². The van der Waals surface area contributed by atoms with Gasteiger partial charge in [-0.25, -0.2) is 4.98 Å². The molecule has 0 aromatic carbocycles. The van der Waals surface area contributed by atoms with Crippen LogP contribution in [0.2, 0.25) is 0 Å². The lowest BCUT2D eigenvalue weighted by molar-refractivity contribution is 0.271. The monoisotopic (exact) mass is 213 g/mol. The normalized spacial score (nSPS) is 10.0. The molecule has 4 nitrogen and oxygen atoms in total. The smallest absolute Gasteiger partial charge is 0.145 e. The summed E-state index contributed by atoms with van der Waals surface area (Å²) in [4.78, 5) is 4.00. The molecule has 0 aliphatic carbocycles. The summed E-state index contributed by atoms with van der Waals surface area (Å²) in [5, 5.41) is 18.0. The van der Waals surface area contributed by atoms with Gasteiger partial charge in [-0.1, -0.05) is 6.07 Å². The molecule has 0 bridgehead atoms. The first kappa shape index (κ1) is 10.4.